The first-order chi connectivity index (χ1) is 6.72. The van der Waals surface area contributed by atoms with Crippen LogP contribution in [0, 0.1) is 0 Å². The van der Waals surface area contributed by atoms with Gasteiger partial charge in [0, 0.05) is 13.0 Å². The van der Waals surface area contributed by atoms with Crippen molar-refractivity contribution in [3.63, 3.8) is 0 Å². The third kappa shape index (κ3) is 7.22. The van der Waals surface area contributed by atoms with Crippen LogP contribution in [0.4, 0.5) is 0 Å². The SMILES string of the molecule is CCCC/C=C/SC(CCO)=C(C)C. The molecule has 0 atom stereocenters. The van der Waals surface area contributed by atoms with Crippen LogP contribution >= 0.6 is 11.8 Å². The molecule has 0 amide bonds. The van der Waals surface area contributed by atoms with E-state index < -0.39 is 0 Å². The summed E-state index contributed by atoms with van der Waals surface area (Å²) in [5.41, 5.74) is 1.31. The Labute approximate surface area is 92.3 Å². The van der Waals surface area contributed by atoms with Gasteiger partial charge >= 0.3 is 0 Å². The van der Waals surface area contributed by atoms with E-state index in [1.165, 1.54) is 29.7 Å². The fourth-order valence-corrected chi connectivity index (χ4v) is 1.89. The number of rotatable bonds is 7. The third-order valence-electron chi connectivity index (χ3n) is 1.93. The van der Waals surface area contributed by atoms with E-state index >= 15 is 0 Å². The second-order valence-corrected chi connectivity index (χ2v) is 4.53. The molecule has 0 radical (unpaired) electrons. The van der Waals surface area contributed by atoms with E-state index in [2.05, 4.69) is 32.3 Å². The van der Waals surface area contributed by atoms with E-state index in [0.717, 1.165) is 6.42 Å². The average Bonchev–Trinajstić information content (AvgIpc) is 2.15. The molecule has 0 bridgehead atoms. The molecule has 0 saturated carbocycles. The Morgan fingerprint density at radius 1 is 1.36 bits per heavy atom. The molecule has 0 aliphatic carbocycles. The van der Waals surface area contributed by atoms with Crippen molar-refractivity contribution in [3.8, 4) is 0 Å². The van der Waals surface area contributed by atoms with Gasteiger partial charge in [0.25, 0.3) is 0 Å². The Morgan fingerprint density at radius 2 is 2.07 bits per heavy atom. The summed E-state index contributed by atoms with van der Waals surface area (Å²) in [6.45, 7) is 6.64. The van der Waals surface area contributed by atoms with E-state index in [9.17, 15) is 0 Å². The van der Waals surface area contributed by atoms with Crippen LogP contribution < -0.4 is 0 Å². The van der Waals surface area contributed by atoms with E-state index in [1.54, 1.807) is 11.8 Å². The maximum atomic E-state index is 8.85. The zero-order chi connectivity index (χ0) is 10.8. The van der Waals surface area contributed by atoms with Crippen LogP contribution in [-0.4, -0.2) is 11.7 Å². The lowest BCUT2D eigenvalue weighted by Crippen LogP contribution is -1.86. The molecule has 0 aromatic carbocycles. The van der Waals surface area contributed by atoms with Gasteiger partial charge in [-0.2, -0.15) is 0 Å². The topological polar surface area (TPSA) is 20.2 Å². The number of aliphatic hydroxyl groups excluding tert-OH is 1. The van der Waals surface area contributed by atoms with Gasteiger partial charge in [-0.3, -0.25) is 0 Å². The predicted molar refractivity (Wildman–Crippen MR) is 66.3 cm³/mol. The lowest BCUT2D eigenvalue weighted by atomic mass is 10.2. The fraction of sp³-hybridized carbons (Fsp3) is 0.667. The Kier molecular flexibility index (Phi) is 9.21. The first-order valence-electron chi connectivity index (χ1n) is 5.31. The van der Waals surface area contributed by atoms with Crippen molar-refractivity contribution in [2.75, 3.05) is 6.61 Å². The lowest BCUT2D eigenvalue weighted by molar-refractivity contribution is 0.301. The van der Waals surface area contributed by atoms with Gasteiger partial charge in [-0.1, -0.05) is 31.4 Å². The van der Waals surface area contributed by atoms with Crippen LogP contribution in [0.15, 0.2) is 22.0 Å². The van der Waals surface area contributed by atoms with Gasteiger partial charge in [0.2, 0.25) is 0 Å². The number of allylic oxidation sites excluding steroid dienone is 2. The van der Waals surface area contributed by atoms with Crippen molar-refractivity contribution < 1.29 is 5.11 Å². The maximum Gasteiger partial charge on any atom is 0.0476 e. The molecule has 0 aromatic heterocycles. The summed E-state index contributed by atoms with van der Waals surface area (Å²) in [5.74, 6) is 0. The molecule has 0 fully saturated rings. The van der Waals surface area contributed by atoms with Crippen molar-refractivity contribution in [1.82, 2.24) is 0 Å². The van der Waals surface area contributed by atoms with E-state index in [4.69, 9.17) is 5.11 Å². The largest absolute Gasteiger partial charge is 0.396 e. The van der Waals surface area contributed by atoms with Gasteiger partial charge in [-0.25, -0.2) is 0 Å². The average molecular weight is 214 g/mol. The standard InChI is InChI=1S/C12H22OS/c1-4-5-6-7-10-14-12(8-9-13)11(2)3/h7,10,13H,4-6,8-9H2,1-3H3/b10-7+. The van der Waals surface area contributed by atoms with Gasteiger partial charge < -0.3 is 5.11 Å². The minimum absolute atomic E-state index is 0.246. The monoisotopic (exact) mass is 214 g/mol. The molecule has 0 heterocycles. The molecule has 1 nitrogen and oxygen atoms in total. The first kappa shape index (κ1) is 13.8. The molecule has 82 valence electrons. The minimum Gasteiger partial charge on any atom is -0.396 e. The Hall–Kier alpha value is -0.210. The molecule has 0 rings (SSSR count). The second kappa shape index (κ2) is 9.35. The molecule has 1 N–H and O–H groups in total. The molecular weight excluding hydrogens is 192 g/mol. The smallest absolute Gasteiger partial charge is 0.0476 e. The fourth-order valence-electron chi connectivity index (χ4n) is 1.05. The third-order valence-corrected chi connectivity index (χ3v) is 3.15. The van der Waals surface area contributed by atoms with Crippen molar-refractivity contribution in [2.24, 2.45) is 0 Å². The Morgan fingerprint density at radius 3 is 2.57 bits per heavy atom. The summed E-state index contributed by atoms with van der Waals surface area (Å²) < 4.78 is 0. The van der Waals surface area contributed by atoms with Gasteiger partial charge in [0.15, 0.2) is 0 Å². The summed E-state index contributed by atoms with van der Waals surface area (Å²) in [7, 11) is 0. The summed E-state index contributed by atoms with van der Waals surface area (Å²) in [5, 5.41) is 11.0. The van der Waals surface area contributed by atoms with Crippen LogP contribution in [0.25, 0.3) is 0 Å². The zero-order valence-corrected chi connectivity index (χ0v) is 10.4. The summed E-state index contributed by atoms with van der Waals surface area (Å²) in [6.07, 6.45) is 6.68. The van der Waals surface area contributed by atoms with Gasteiger partial charge in [-0.05, 0) is 30.6 Å². The number of hydrogen-bond donors (Lipinski definition) is 1. The molecule has 2 heteroatoms. The highest BCUT2D eigenvalue weighted by Gasteiger charge is 1.96. The Balaban J connectivity index is 3.83. The zero-order valence-electron chi connectivity index (χ0n) is 9.55. The minimum atomic E-state index is 0.246. The van der Waals surface area contributed by atoms with Crippen molar-refractivity contribution in [2.45, 2.75) is 46.5 Å². The molecule has 0 saturated heterocycles. The van der Waals surface area contributed by atoms with E-state index in [1.807, 2.05) is 0 Å². The van der Waals surface area contributed by atoms with Crippen molar-refractivity contribution >= 4 is 11.8 Å². The van der Waals surface area contributed by atoms with Crippen molar-refractivity contribution in [3.05, 3.63) is 22.0 Å². The molecule has 0 unspecified atom stereocenters. The van der Waals surface area contributed by atoms with E-state index in [0.29, 0.717) is 0 Å². The Bertz CT molecular complexity index is 190. The summed E-state index contributed by atoms with van der Waals surface area (Å²) in [6, 6.07) is 0. The highest BCUT2D eigenvalue weighted by Crippen LogP contribution is 2.24. The van der Waals surface area contributed by atoms with Crippen LogP contribution in [0.2, 0.25) is 0 Å². The van der Waals surface area contributed by atoms with Gasteiger partial charge in [0.05, 0.1) is 0 Å². The molecule has 0 aliphatic rings. The number of thioether (sulfide) groups is 1. The number of aliphatic hydroxyl groups is 1. The molecule has 0 spiro atoms. The van der Waals surface area contributed by atoms with Crippen LogP contribution in [0.1, 0.15) is 46.5 Å². The molecule has 14 heavy (non-hydrogen) atoms. The number of unbranched alkanes of at least 4 members (excludes halogenated alkanes) is 2. The second-order valence-electron chi connectivity index (χ2n) is 3.53. The summed E-state index contributed by atoms with van der Waals surface area (Å²) >= 11 is 1.74. The summed E-state index contributed by atoms with van der Waals surface area (Å²) in [4.78, 5) is 1.29. The highest BCUT2D eigenvalue weighted by molar-refractivity contribution is 8.05. The van der Waals surface area contributed by atoms with Gasteiger partial charge in [-0.15, -0.1) is 11.8 Å². The maximum absolute atomic E-state index is 8.85. The quantitative estimate of drug-likeness (QED) is 0.644. The van der Waals surface area contributed by atoms with Crippen molar-refractivity contribution in [1.29, 1.82) is 0 Å². The lowest BCUT2D eigenvalue weighted by Gasteiger charge is -2.03. The predicted octanol–water partition coefficient (Wildman–Crippen LogP) is 4.10. The van der Waals surface area contributed by atoms with Gasteiger partial charge in [0.1, 0.15) is 0 Å². The normalized spacial score (nSPS) is 10.9. The van der Waals surface area contributed by atoms with Crippen LogP contribution in [-0.2, 0) is 0 Å². The molecule has 0 aliphatic heterocycles. The van der Waals surface area contributed by atoms with Crippen LogP contribution in [0.3, 0.4) is 0 Å². The van der Waals surface area contributed by atoms with E-state index in [-0.39, 0.29) is 6.61 Å². The van der Waals surface area contributed by atoms with Crippen LogP contribution in [0.5, 0.6) is 0 Å². The molecule has 0 aromatic rings. The number of hydrogen-bond acceptors (Lipinski definition) is 2. The molecular formula is C12H22OS. The first-order valence-corrected chi connectivity index (χ1v) is 6.19. The highest BCUT2D eigenvalue weighted by atomic mass is 32.2.